The topological polar surface area (TPSA) is 117 Å². The molecule has 0 saturated carbocycles. The van der Waals surface area contributed by atoms with Crippen LogP contribution in [0.25, 0.3) is 10.4 Å². The molecule has 2 aromatic rings. The summed E-state index contributed by atoms with van der Waals surface area (Å²) in [5, 5.41) is 18.8. The predicted octanol–water partition coefficient (Wildman–Crippen LogP) is -0.699. The standard InChI is InChI=1S/C12H13N3O5S/c16-5-8-7(17)3-10(20-8)15-4-6(9-1-2-13-21-9)11(18)14-12(15)19/h1-2,4,7-8,10,16-17H,3,5H2,(H,14,18,19)/t7-,8-,10-/m1/s1. The number of ether oxygens (including phenoxy) is 1. The van der Waals surface area contributed by atoms with Crippen LogP contribution in [-0.2, 0) is 4.74 Å². The van der Waals surface area contributed by atoms with E-state index < -0.39 is 29.7 Å². The first-order chi connectivity index (χ1) is 10.1. The summed E-state index contributed by atoms with van der Waals surface area (Å²) in [6.45, 7) is -0.336. The zero-order chi connectivity index (χ0) is 15.0. The van der Waals surface area contributed by atoms with E-state index in [4.69, 9.17) is 9.84 Å². The molecule has 8 nitrogen and oxygen atoms in total. The summed E-state index contributed by atoms with van der Waals surface area (Å²) in [4.78, 5) is 26.6. The smallest absolute Gasteiger partial charge is 0.330 e. The molecule has 0 radical (unpaired) electrons. The van der Waals surface area contributed by atoms with Crippen LogP contribution in [-0.4, -0.2) is 43.0 Å². The fourth-order valence-electron chi connectivity index (χ4n) is 2.28. The normalized spacial score (nSPS) is 25.3. The Morgan fingerprint density at radius 2 is 2.33 bits per heavy atom. The highest BCUT2D eigenvalue weighted by Gasteiger charge is 2.35. The van der Waals surface area contributed by atoms with E-state index in [9.17, 15) is 14.7 Å². The number of H-pyrrole nitrogens is 1. The maximum atomic E-state index is 11.9. The lowest BCUT2D eigenvalue weighted by molar-refractivity contribution is -0.0458. The molecule has 1 fully saturated rings. The van der Waals surface area contributed by atoms with Gasteiger partial charge >= 0.3 is 5.69 Å². The third-order valence-electron chi connectivity index (χ3n) is 3.37. The van der Waals surface area contributed by atoms with Crippen molar-refractivity contribution in [3.63, 3.8) is 0 Å². The summed E-state index contributed by atoms with van der Waals surface area (Å²) in [6, 6.07) is 1.67. The minimum atomic E-state index is -0.856. The number of aromatic nitrogens is 3. The van der Waals surface area contributed by atoms with Gasteiger partial charge in [-0.2, -0.15) is 0 Å². The molecule has 1 aliphatic rings. The van der Waals surface area contributed by atoms with Crippen molar-refractivity contribution in [2.24, 2.45) is 0 Å². The van der Waals surface area contributed by atoms with Crippen molar-refractivity contribution in [3.05, 3.63) is 39.3 Å². The van der Waals surface area contributed by atoms with Crippen molar-refractivity contribution >= 4 is 11.5 Å². The van der Waals surface area contributed by atoms with Gasteiger partial charge in [-0.25, -0.2) is 9.17 Å². The average Bonchev–Trinajstić information content (AvgIpc) is 3.08. The highest BCUT2D eigenvalue weighted by atomic mass is 32.1. The van der Waals surface area contributed by atoms with E-state index in [1.165, 1.54) is 10.8 Å². The molecule has 21 heavy (non-hydrogen) atoms. The molecule has 1 saturated heterocycles. The molecule has 3 rings (SSSR count). The first kappa shape index (κ1) is 14.1. The van der Waals surface area contributed by atoms with Gasteiger partial charge in [0.05, 0.1) is 23.2 Å². The number of rotatable bonds is 3. The Morgan fingerprint density at radius 3 is 2.95 bits per heavy atom. The molecule has 3 N–H and O–H groups in total. The number of aliphatic hydroxyl groups excluding tert-OH is 2. The van der Waals surface area contributed by atoms with Gasteiger partial charge in [-0.05, 0) is 17.6 Å². The van der Waals surface area contributed by atoms with Crippen molar-refractivity contribution in [3.8, 4) is 10.4 Å². The van der Waals surface area contributed by atoms with Crippen LogP contribution in [0.2, 0.25) is 0 Å². The second-order valence-electron chi connectivity index (χ2n) is 4.70. The molecular weight excluding hydrogens is 298 g/mol. The molecule has 0 spiro atoms. The molecule has 1 aliphatic heterocycles. The van der Waals surface area contributed by atoms with Crippen molar-refractivity contribution in [2.75, 3.05) is 6.61 Å². The second-order valence-corrected chi connectivity index (χ2v) is 5.53. The fourth-order valence-corrected chi connectivity index (χ4v) is 2.88. The lowest BCUT2D eigenvalue weighted by Crippen LogP contribution is -2.33. The van der Waals surface area contributed by atoms with Crippen LogP contribution in [0.15, 0.2) is 28.0 Å². The highest BCUT2D eigenvalue weighted by Crippen LogP contribution is 2.28. The quantitative estimate of drug-likeness (QED) is 0.690. The van der Waals surface area contributed by atoms with Crippen molar-refractivity contribution in [2.45, 2.75) is 24.9 Å². The molecule has 112 valence electrons. The number of nitrogens with one attached hydrogen (secondary N) is 1. The Labute approximate surface area is 122 Å². The third-order valence-corrected chi connectivity index (χ3v) is 4.15. The molecule has 0 bridgehead atoms. The van der Waals surface area contributed by atoms with E-state index in [-0.39, 0.29) is 13.0 Å². The van der Waals surface area contributed by atoms with Gasteiger partial charge in [0.2, 0.25) is 0 Å². The maximum Gasteiger partial charge on any atom is 0.330 e. The van der Waals surface area contributed by atoms with E-state index in [2.05, 4.69) is 9.36 Å². The van der Waals surface area contributed by atoms with E-state index in [0.29, 0.717) is 10.4 Å². The Kier molecular flexibility index (Phi) is 3.72. The van der Waals surface area contributed by atoms with Gasteiger partial charge in [0.1, 0.15) is 12.3 Å². The molecule has 0 amide bonds. The van der Waals surface area contributed by atoms with Crippen LogP contribution in [0, 0.1) is 0 Å². The number of aromatic amines is 1. The van der Waals surface area contributed by atoms with Crippen LogP contribution in [0.4, 0.5) is 0 Å². The largest absolute Gasteiger partial charge is 0.394 e. The SMILES string of the molecule is O=c1[nH]c(=O)n([C@H]2C[C@@H](O)[C@@H](CO)O2)cc1-c1ccns1. The number of hydrogen-bond donors (Lipinski definition) is 3. The van der Waals surface area contributed by atoms with Gasteiger partial charge in [-0.15, -0.1) is 0 Å². The van der Waals surface area contributed by atoms with Gasteiger partial charge in [0.15, 0.2) is 0 Å². The highest BCUT2D eigenvalue weighted by molar-refractivity contribution is 7.09. The first-order valence-electron chi connectivity index (χ1n) is 6.31. The van der Waals surface area contributed by atoms with E-state index in [1.54, 1.807) is 12.3 Å². The minimum Gasteiger partial charge on any atom is -0.394 e. The molecule has 0 unspecified atom stereocenters. The number of aliphatic hydroxyl groups is 2. The Balaban J connectivity index is 2.02. The van der Waals surface area contributed by atoms with Gasteiger partial charge in [0, 0.05) is 18.8 Å². The van der Waals surface area contributed by atoms with E-state index in [1.807, 2.05) is 0 Å². The van der Waals surface area contributed by atoms with E-state index >= 15 is 0 Å². The first-order valence-corrected chi connectivity index (χ1v) is 7.08. The van der Waals surface area contributed by atoms with Crippen LogP contribution in [0.3, 0.4) is 0 Å². The van der Waals surface area contributed by atoms with Crippen LogP contribution < -0.4 is 11.2 Å². The lowest BCUT2D eigenvalue weighted by Gasteiger charge is -2.14. The molecule has 0 aliphatic carbocycles. The summed E-state index contributed by atoms with van der Waals surface area (Å²) < 4.78 is 10.6. The van der Waals surface area contributed by atoms with E-state index in [0.717, 1.165) is 11.5 Å². The average molecular weight is 311 g/mol. The van der Waals surface area contributed by atoms with Crippen LogP contribution in [0.5, 0.6) is 0 Å². The second kappa shape index (κ2) is 5.53. The molecular formula is C12H13N3O5S. The molecule has 9 heteroatoms. The van der Waals surface area contributed by atoms with Crippen molar-refractivity contribution in [1.29, 1.82) is 0 Å². The van der Waals surface area contributed by atoms with Crippen LogP contribution >= 0.6 is 11.5 Å². The zero-order valence-corrected chi connectivity index (χ0v) is 11.6. The van der Waals surface area contributed by atoms with Gasteiger partial charge in [-0.1, -0.05) is 0 Å². The van der Waals surface area contributed by atoms with Gasteiger partial charge < -0.3 is 14.9 Å². The van der Waals surface area contributed by atoms with Crippen molar-refractivity contribution < 1.29 is 14.9 Å². The number of nitrogens with zero attached hydrogens (tertiary/aromatic N) is 2. The predicted molar refractivity (Wildman–Crippen MR) is 74.1 cm³/mol. The fraction of sp³-hybridized carbons (Fsp3) is 0.417. The summed E-state index contributed by atoms with van der Waals surface area (Å²) in [5.74, 6) is 0. The maximum absolute atomic E-state index is 11.9. The molecule has 0 aromatic carbocycles. The third kappa shape index (κ3) is 2.56. The summed E-state index contributed by atoms with van der Waals surface area (Å²) in [5.41, 5.74) is -0.815. The zero-order valence-electron chi connectivity index (χ0n) is 10.8. The summed E-state index contributed by atoms with van der Waals surface area (Å²) >= 11 is 1.14. The number of hydrogen-bond acceptors (Lipinski definition) is 7. The summed E-state index contributed by atoms with van der Waals surface area (Å²) in [7, 11) is 0. The lowest BCUT2D eigenvalue weighted by atomic mass is 10.2. The van der Waals surface area contributed by atoms with Crippen molar-refractivity contribution in [1.82, 2.24) is 13.9 Å². The minimum absolute atomic E-state index is 0.166. The molecule has 3 heterocycles. The Bertz CT molecular complexity index is 738. The van der Waals surface area contributed by atoms with Crippen LogP contribution in [0.1, 0.15) is 12.6 Å². The summed E-state index contributed by atoms with van der Waals surface area (Å²) in [6.07, 6.45) is 0.803. The monoisotopic (exact) mass is 311 g/mol. The van der Waals surface area contributed by atoms with Gasteiger partial charge in [0.25, 0.3) is 5.56 Å². The Morgan fingerprint density at radius 1 is 1.52 bits per heavy atom. The van der Waals surface area contributed by atoms with Gasteiger partial charge in [-0.3, -0.25) is 14.3 Å². The molecule has 3 atom stereocenters. The molecule has 2 aromatic heterocycles. The Hall–Kier alpha value is -1.81.